The second-order valence-electron chi connectivity index (χ2n) is 4.18. The van der Waals surface area contributed by atoms with Crippen LogP contribution in [0.25, 0.3) is 0 Å². The molecule has 0 fully saturated rings. The summed E-state index contributed by atoms with van der Waals surface area (Å²) in [5.74, 6) is 1.37. The first-order chi connectivity index (χ1) is 7.72. The highest BCUT2D eigenvalue weighted by molar-refractivity contribution is 5.52. The van der Waals surface area contributed by atoms with Crippen molar-refractivity contribution in [2.45, 2.75) is 26.3 Å². The predicted molar refractivity (Wildman–Crippen MR) is 65.4 cm³/mol. The van der Waals surface area contributed by atoms with Crippen LogP contribution < -0.4 is 16.0 Å². The van der Waals surface area contributed by atoms with Crippen molar-refractivity contribution >= 4 is 11.8 Å². The van der Waals surface area contributed by atoms with Gasteiger partial charge in [0.25, 0.3) is 0 Å². The lowest BCUT2D eigenvalue weighted by atomic mass is 10.1. The molecule has 5 nitrogen and oxygen atoms in total. The first kappa shape index (κ1) is 11.1. The molecule has 2 heterocycles. The Balaban J connectivity index is 2.38. The van der Waals surface area contributed by atoms with Crippen LogP contribution >= 0.6 is 0 Å². The van der Waals surface area contributed by atoms with Gasteiger partial charge in [0.2, 0.25) is 5.95 Å². The molecule has 0 bridgehead atoms. The van der Waals surface area contributed by atoms with E-state index in [-0.39, 0.29) is 0 Å². The molecule has 0 saturated heterocycles. The molecule has 0 saturated carbocycles. The van der Waals surface area contributed by atoms with Crippen LogP contribution in [0.4, 0.5) is 11.8 Å². The second-order valence-corrected chi connectivity index (χ2v) is 4.18. The number of hydrogen-bond acceptors (Lipinski definition) is 5. The molecule has 5 heteroatoms. The molecule has 16 heavy (non-hydrogen) atoms. The van der Waals surface area contributed by atoms with Gasteiger partial charge in [-0.05, 0) is 6.42 Å². The minimum Gasteiger partial charge on any atom is -0.368 e. The van der Waals surface area contributed by atoms with Gasteiger partial charge in [-0.25, -0.2) is 4.98 Å². The van der Waals surface area contributed by atoms with Gasteiger partial charge >= 0.3 is 0 Å². The zero-order valence-corrected chi connectivity index (χ0v) is 9.95. The first-order valence-corrected chi connectivity index (χ1v) is 5.79. The topological polar surface area (TPSA) is 67.1 Å². The Bertz CT molecular complexity index is 377. The van der Waals surface area contributed by atoms with Crippen molar-refractivity contribution in [2.24, 2.45) is 0 Å². The van der Waals surface area contributed by atoms with Gasteiger partial charge in [0.1, 0.15) is 5.82 Å². The van der Waals surface area contributed by atoms with E-state index in [1.807, 2.05) is 0 Å². The van der Waals surface area contributed by atoms with Crippen LogP contribution in [0, 0.1) is 0 Å². The van der Waals surface area contributed by atoms with Crippen molar-refractivity contribution in [2.75, 3.05) is 30.8 Å². The van der Waals surface area contributed by atoms with Crippen LogP contribution in [0.2, 0.25) is 0 Å². The number of fused-ring (bicyclic) bond motifs is 1. The minimum absolute atomic E-state index is 0.388. The molecule has 2 rings (SSSR count). The Labute approximate surface area is 96.1 Å². The highest BCUT2D eigenvalue weighted by Crippen LogP contribution is 2.23. The predicted octanol–water partition coefficient (Wildman–Crippen LogP) is 0.551. The molecule has 0 atom stereocenters. The zero-order chi connectivity index (χ0) is 11.5. The van der Waals surface area contributed by atoms with Gasteiger partial charge in [-0.1, -0.05) is 6.92 Å². The highest BCUT2D eigenvalue weighted by atomic mass is 15.2. The van der Waals surface area contributed by atoms with Gasteiger partial charge in [-0.2, -0.15) is 4.98 Å². The summed E-state index contributed by atoms with van der Waals surface area (Å²) in [6, 6.07) is 0. The summed E-state index contributed by atoms with van der Waals surface area (Å²) in [7, 11) is 2.06. The lowest BCUT2D eigenvalue weighted by Crippen LogP contribution is -2.30. The van der Waals surface area contributed by atoms with Crippen molar-refractivity contribution in [1.82, 2.24) is 15.3 Å². The van der Waals surface area contributed by atoms with E-state index in [1.165, 1.54) is 5.56 Å². The number of hydrogen-bond donors (Lipinski definition) is 2. The van der Waals surface area contributed by atoms with E-state index in [0.29, 0.717) is 5.95 Å². The molecule has 1 aromatic rings. The Morgan fingerprint density at radius 2 is 2.25 bits per heavy atom. The average Bonchev–Trinajstić information content (AvgIpc) is 2.28. The number of aromatic nitrogens is 2. The number of rotatable bonds is 3. The Morgan fingerprint density at radius 3 is 3.00 bits per heavy atom. The quantitative estimate of drug-likeness (QED) is 0.780. The molecule has 1 aliphatic heterocycles. The van der Waals surface area contributed by atoms with Crippen LogP contribution in [-0.2, 0) is 13.0 Å². The lowest BCUT2D eigenvalue weighted by molar-refractivity contribution is 0.624. The number of nitrogens with two attached hydrogens (primary N) is 1. The largest absolute Gasteiger partial charge is 0.368 e. The third-order valence-corrected chi connectivity index (χ3v) is 2.85. The van der Waals surface area contributed by atoms with Gasteiger partial charge in [-0.3, -0.25) is 0 Å². The average molecular weight is 221 g/mol. The van der Waals surface area contributed by atoms with E-state index in [1.54, 1.807) is 0 Å². The minimum atomic E-state index is 0.388. The molecule has 0 amide bonds. The molecular formula is C11H19N5. The molecule has 0 aliphatic carbocycles. The number of anilines is 2. The molecular weight excluding hydrogens is 202 g/mol. The summed E-state index contributed by atoms with van der Waals surface area (Å²) in [5.41, 5.74) is 8.05. The molecule has 88 valence electrons. The summed E-state index contributed by atoms with van der Waals surface area (Å²) in [4.78, 5) is 10.8. The van der Waals surface area contributed by atoms with Gasteiger partial charge in [0, 0.05) is 38.7 Å². The highest BCUT2D eigenvalue weighted by Gasteiger charge is 2.18. The number of nitrogens with zero attached hydrogens (tertiary/aromatic N) is 3. The van der Waals surface area contributed by atoms with Crippen molar-refractivity contribution in [1.29, 1.82) is 0 Å². The van der Waals surface area contributed by atoms with Crippen molar-refractivity contribution in [3.8, 4) is 0 Å². The van der Waals surface area contributed by atoms with E-state index >= 15 is 0 Å². The third-order valence-electron chi connectivity index (χ3n) is 2.85. The maximum Gasteiger partial charge on any atom is 0.222 e. The maximum atomic E-state index is 5.75. The molecule has 0 unspecified atom stereocenters. The fourth-order valence-electron chi connectivity index (χ4n) is 2.10. The van der Waals surface area contributed by atoms with Crippen LogP contribution in [-0.4, -0.2) is 30.1 Å². The van der Waals surface area contributed by atoms with Crippen molar-refractivity contribution in [3.63, 3.8) is 0 Å². The summed E-state index contributed by atoms with van der Waals surface area (Å²) < 4.78 is 0. The number of nitrogens with one attached hydrogen (secondary N) is 1. The van der Waals surface area contributed by atoms with E-state index in [9.17, 15) is 0 Å². The Kier molecular flexibility index (Phi) is 3.24. The molecule has 0 aromatic carbocycles. The van der Waals surface area contributed by atoms with Crippen LogP contribution in [0.5, 0.6) is 0 Å². The summed E-state index contributed by atoms with van der Waals surface area (Å²) in [6.45, 7) is 4.97. The smallest absolute Gasteiger partial charge is 0.222 e. The van der Waals surface area contributed by atoms with E-state index < -0.39 is 0 Å². The van der Waals surface area contributed by atoms with Crippen LogP contribution in [0.1, 0.15) is 24.6 Å². The Hall–Kier alpha value is -1.36. The maximum absolute atomic E-state index is 5.75. The molecule has 0 spiro atoms. The lowest BCUT2D eigenvalue weighted by Gasteiger charge is -2.25. The molecule has 1 aromatic heterocycles. The van der Waals surface area contributed by atoms with Gasteiger partial charge in [0.05, 0.1) is 5.69 Å². The van der Waals surface area contributed by atoms with Crippen LogP contribution in [0.15, 0.2) is 0 Å². The van der Waals surface area contributed by atoms with Gasteiger partial charge in [-0.15, -0.1) is 0 Å². The van der Waals surface area contributed by atoms with Crippen molar-refractivity contribution < 1.29 is 0 Å². The normalized spacial score (nSPS) is 14.6. The second kappa shape index (κ2) is 4.65. The summed E-state index contributed by atoms with van der Waals surface area (Å²) in [6.07, 6.45) is 2.04. The standard InChI is InChI=1S/C11H19N5/c1-3-6-16(2)10-8-7-13-5-4-9(8)14-11(12)15-10/h13H,3-7H2,1-2H3,(H2,12,14,15). The fourth-order valence-corrected chi connectivity index (χ4v) is 2.10. The molecule has 0 radical (unpaired) electrons. The fraction of sp³-hybridized carbons (Fsp3) is 0.636. The van der Waals surface area contributed by atoms with Crippen LogP contribution in [0.3, 0.4) is 0 Å². The third kappa shape index (κ3) is 2.09. The first-order valence-electron chi connectivity index (χ1n) is 5.79. The number of nitrogen functional groups attached to an aromatic ring is 1. The summed E-state index contributed by atoms with van der Waals surface area (Å²) in [5, 5.41) is 3.35. The Morgan fingerprint density at radius 1 is 1.44 bits per heavy atom. The monoisotopic (exact) mass is 221 g/mol. The van der Waals surface area contributed by atoms with E-state index in [4.69, 9.17) is 5.73 Å². The molecule has 3 N–H and O–H groups in total. The summed E-state index contributed by atoms with van der Waals surface area (Å²) >= 11 is 0. The zero-order valence-electron chi connectivity index (χ0n) is 9.95. The van der Waals surface area contributed by atoms with E-state index in [2.05, 4.69) is 34.2 Å². The molecule has 1 aliphatic rings. The van der Waals surface area contributed by atoms with Crippen molar-refractivity contribution in [3.05, 3.63) is 11.3 Å². The van der Waals surface area contributed by atoms with Gasteiger partial charge in [0.15, 0.2) is 0 Å². The SMILES string of the molecule is CCCN(C)c1nc(N)nc2c1CNCC2. The van der Waals surface area contributed by atoms with E-state index in [0.717, 1.165) is 44.0 Å². The van der Waals surface area contributed by atoms with Gasteiger partial charge < -0.3 is 16.0 Å².